The summed E-state index contributed by atoms with van der Waals surface area (Å²) in [6.07, 6.45) is 4.26. The topological polar surface area (TPSA) is 65.3 Å². The Hall–Kier alpha value is -1.41. The molecule has 0 radical (unpaired) electrons. The van der Waals surface area contributed by atoms with E-state index < -0.39 is 6.10 Å². The zero-order valence-electron chi connectivity index (χ0n) is 12.8. The van der Waals surface area contributed by atoms with Crippen LogP contribution in [0.4, 0.5) is 0 Å². The number of ether oxygens (including phenoxy) is 1. The first-order chi connectivity index (χ1) is 10.3. The second kappa shape index (κ2) is 11.3. The Morgan fingerprint density at radius 1 is 1.24 bits per heavy atom. The molecule has 0 aliphatic rings. The molecule has 2 N–H and O–H groups in total. The molecule has 0 aromatic heterocycles. The predicted molar refractivity (Wildman–Crippen MR) is 83.8 cm³/mol. The Kier molecular flexibility index (Phi) is 9.47. The highest BCUT2D eigenvalue weighted by Crippen LogP contribution is 2.03. The number of hydrogen-bond donors (Lipinski definition) is 2. The fraction of sp³-hybridized carbons (Fsp3) is 0.588. The largest absolute Gasteiger partial charge is 0.389 e. The number of nitrogens with one attached hydrogen (secondary N) is 1. The van der Waals surface area contributed by atoms with Crippen molar-refractivity contribution in [1.82, 2.24) is 5.32 Å². The zero-order valence-corrected chi connectivity index (χ0v) is 12.8. The lowest BCUT2D eigenvalue weighted by molar-refractivity contribution is 0.0353. The Labute approximate surface area is 127 Å². The highest BCUT2D eigenvalue weighted by Gasteiger charge is 2.03. The van der Waals surface area contributed by atoms with Gasteiger partial charge < -0.3 is 15.2 Å². The number of rotatable bonds is 11. The van der Waals surface area contributed by atoms with E-state index in [0.717, 1.165) is 18.6 Å². The van der Waals surface area contributed by atoms with E-state index in [-0.39, 0.29) is 0 Å². The SMILES string of the molecule is CCCCCCOCC(O)CNCc1ccc(C#N)cc1. The van der Waals surface area contributed by atoms with Crippen LogP contribution in [0.1, 0.15) is 43.7 Å². The van der Waals surface area contributed by atoms with Crippen molar-refractivity contribution in [1.29, 1.82) is 5.26 Å². The molecule has 0 amide bonds. The molecule has 1 atom stereocenters. The van der Waals surface area contributed by atoms with Crippen molar-refractivity contribution >= 4 is 0 Å². The van der Waals surface area contributed by atoms with E-state index in [0.29, 0.717) is 25.3 Å². The fourth-order valence-electron chi connectivity index (χ4n) is 1.99. The standard InChI is InChI=1S/C17H26N2O2/c1-2-3-4-5-10-21-14-17(20)13-19-12-16-8-6-15(11-18)7-9-16/h6-9,17,19-20H,2-5,10,12-14H2,1H3. The number of unbranched alkanes of at least 4 members (excludes halogenated alkanes) is 3. The van der Waals surface area contributed by atoms with Gasteiger partial charge in [0.25, 0.3) is 0 Å². The first-order valence-corrected chi connectivity index (χ1v) is 7.71. The number of aliphatic hydroxyl groups is 1. The monoisotopic (exact) mass is 290 g/mol. The molecular formula is C17H26N2O2. The van der Waals surface area contributed by atoms with Crippen LogP contribution >= 0.6 is 0 Å². The predicted octanol–water partition coefficient (Wildman–Crippen LogP) is 2.61. The second-order valence-corrected chi connectivity index (χ2v) is 5.23. The molecule has 1 aromatic carbocycles. The van der Waals surface area contributed by atoms with Gasteiger partial charge in [0.05, 0.1) is 24.3 Å². The van der Waals surface area contributed by atoms with E-state index in [2.05, 4.69) is 18.3 Å². The molecule has 0 fully saturated rings. The summed E-state index contributed by atoms with van der Waals surface area (Å²) in [7, 11) is 0. The van der Waals surface area contributed by atoms with E-state index in [1.807, 2.05) is 12.1 Å². The average Bonchev–Trinajstić information content (AvgIpc) is 2.51. The summed E-state index contributed by atoms with van der Waals surface area (Å²) in [5.74, 6) is 0. The van der Waals surface area contributed by atoms with Crippen LogP contribution in [0, 0.1) is 11.3 Å². The Balaban J connectivity index is 2.04. The van der Waals surface area contributed by atoms with Gasteiger partial charge in [-0.15, -0.1) is 0 Å². The molecule has 1 unspecified atom stereocenters. The van der Waals surface area contributed by atoms with Crippen molar-refractivity contribution in [3.8, 4) is 6.07 Å². The third kappa shape index (κ3) is 8.46. The normalized spacial score (nSPS) is 12.0. The van der Waals surface area contributed by atoms with Gasteiger partial charge in [-0.25, -0.2) is 0 Å². The van der Waals surface area contributed by atoms with E-state index in [9.17, 15) is 5.11 Å². The minimum absolute atomic E-state index is 0.381. The Bertz CT molecular complexity index is 412. The minimum Gasteiger partial charge on any atom is -0.389 e. The maximum atomic E-state index is 9.78. The lowest BCUT2D eigenvalue weighted by Gasteiger charge is -2.12. The summed E-state index contributed by atoms with van der Waals surface area (Å²) in [5, 5.41) is 21.7. The Morgan fingerprint density at radius 3 is 2.67 bits per heavy atom. The first kappa shape index (κ1) is 17.6. The summed E-state index contributed by atoms with van der Waals surface area (Å²) >= 11 is 0. The second-order valence-electron chi connectivity index (χ2n) is 5.23. The summed E-state index contributed by atoms with van der Waals surface area (Å²) in [6.45, 7) is 4.48. The van der Waals surface area contributed by atoms with Crippen molar-refractivity contribution in [3.05, 3.63) is 35.4 Å². The van der Waals surface area contributed by atoms with E-state index in [1.165, 1.54) is 19.3 Å². The zero-order chi connectivity index (χ0) is 15.3. The molecule has 0 spiro atoms. The molecule has 116 valence electrons. The maximum absolute atomic E-state index is 9.78. The lowest BCUT2D eigenvalue weighted by Crippen LogP contribution is -2.30. The van der Waals surface area contributed by atoms with Crippen LogP contribution in [0.2, 0.25) is 0 Å². The van der Waals surface area contributed by atoms with Crippen molar-refractivity contribution < 1.29 is 9.84 Å². The van der Waals surface area contributed by atoms with Gasteiger partial charge in [0.1, 0.15) is 0 Å². The van der Waals surface area contributed by atoms with Gasteiger partial charge in [-0.2, -0.15) is 5.26 Å². The van der Waals surface area contributed by atoms with Crippen LogP contribution in [0.3, 0.4) is 0 Å². The molecule has 0 heterocycles. The fourth-order valence-corrected chi connectivity index (χ4v) is 1.99. The minimum atomic E-state index is -0.477. The van der Waals surface area contributed by atoms with Gasteiger partial charge >= 0.3 is 0 Å². The van der Waals surface area contributed by atoms with Crippen molar-refractivity contribution in [3.63, 3.8) is 0 Å². The smallest absolute Gasteiger partial charge is 0.0991 e. The van der Waals surface area contributed by atoms with Gasteiger partial charge in [-0.05, 0) is 24.1 Å². The summed E-state index contributed by atoms with van der Waals surface area (Å²) in [6, 6.07) is 9.53. The average molecular weight is 290 g/mol. The number of benzene rings is 1. The molecular weight excluding hydrogens is 264 g/mol. The highest BCUT2D eigenvalue weighted by atomic mass is 16.5. The summed E-state index contributed by atoms with van der Waals surface area (Å²) in [4.78, 5) is 0. The summed E-state index contributed by atoms with van der Waals surface area (Å²) < 4.78 is 5.45. The first-order valence-electron chi connectivity index (χ1n) is 7.71. The molecule has 0 aliphatic carbocycles. The number of aliphatic hydroxyl groups excluding tert-OH is 1. The van der Waals surface area contributed by atoms with Crippen molar-refractivity contribution in [2.75, 3.05) is 19.8 Å². The molecule has 0 aliphatic heterocycles. The van der Waals surface area contributed by atoms with Gasteiger partial charge in [0.15, 0.2) is 0 Å². The third-order valence-corrected chi connectivity index (χ3v) is 3.24. The van der Waals surface area contributed by atoms with Crippen LogP contribution < -0.4 is 5.32 Å². The quantitative estimate of drug-likeness (QED) is 0.615. The highest BCUT2D eigenvalue weighted by molar-refractivity contribution is 5.31. The van der Waals surface area contributed by atoms with Crippen LogP contribution in [-0.4, -0.2) is 31.0 Å². The van der Waals surface area contributed by atoms with Gasteiger partial charge in [0, 0.05) is 19.7 Å². The molecule has 1 rings (SSSR count). The van der Waals surface area contributed by atoms with Crippen LogP contribution in [0.5, 0.6) is 0 Å². The van der Waals surface area contributed by atoms with Crippen molar-refractivity contribution in [2.45, 2.75) is 45.3 Å². The Morgan fingerprint density at radius 2 is 2.00 bits per heavy atom. The van der Waals surface area contributed by atoms with Gasteiger partial charge in [0.2, 0.25) is 0 Å². The molecule has 4 nitrogen and oxygen atoms in total. The lowest BCUT2D eigenvalue weighted by atomic mass is 10.1. The molecule has 1 aromatic rings. The number of nitrogens with zero attached hydrogens (tertiary/aromatic N) is 1. The molecule has 0 bridgehead atoms. The van der Waals surface area contributed by atoms with Crippen molar-refractivity contribution in [2.24, 2.45) is 0 Å². The van der Waals surface area contributed by atoms with E-state index in [4.69, 9.17) is 10.00 Å². The maximum Gasteiger partial charge on any atom is 0.0991 e. The number of nitriles is 1. The van der Waals surface area contributed by atoms with Crippen LogP contribution in [0.25, 0.3) is 0 Å². The molecule has 21 heavy (non-hydrogen) atoms. The summed E-state index contributed by atoms with van der Waals surface area (Å²) in [5.41, 5.74) is 1.76. The molecule has 0 saturated heterocycles. The molecule has 4 heteroatoms. The van der Waals surface area contributed by atoms with Gasteiger partial charge in [-0.3, -0.25) is 0 Å². The van der Waals surface area contributed by atoms with Crippen LogP contribution in [-0.2, 0) is 11.3 Å². The third-order valence-electron chi connectivity index (χ3n) is 3.24. The van der Waals surface area contributed by atoms with Crippen LogP contribution in [0.15, 0.2) is 24.3 Å². The molecule has 0 saturated carbocycles. The van der Waals surface area contributed by atoms with E-state index in [1.54, 1.807) is 12.1 Å². The number of hydrogen-bond acceptors (Lipinski definition) is 4. The van der Waals surface area contributed by atoms with E-state index >= 15 is 0 Å². The van der Waals surface area contributed by atoms with Gasteiger partial charge in [-0.1, -0.05) is 38.3 Å².